The van der Waals surface area contributed by atoms with Crippen LogP contribution in [0.1, 0.15) is 12.5 Å². The maximum absolute atomic E-state index is 5.50. The predicted octanol–water partition coefficient (Wildman–Crippen LogP) is 3.02. The van der Waals surface area contributed by atoms with Gasteiger partial charge in [0.25, 0.3) is 0 Å². The fraction of sp³-hybridized carbons (Fsp3) is 0.385. The molecular weight excluding hydrogens is 238 g/mol. The Labute approximate surface area is 108 Å². The van der Waals surface area contributed by atoms with Crippen LogP contribution in [0.25, 0.3) is 11.0 Å². The zero-order valence-corrected chi connectivity index (χ0v) is 11.0. The SMILES string of the molecule is CCNCCc1coc2ccc(OC)cc12.Cl. The van der Waals surface area contributed by atoms with Crippen molar-refractivity contribution < 1.29 is 9.15 Å². The highest BCUT2D eigenvalue weighted by Gasteiger charge is 2.06. The highest BCUT2D eigenvalue weighted by atomic mass is 35.5. The standard InChI is InChI=1S/C13H17NO2.ClH/c1-3-14-7-6-10-9-16-13-5-4-11(15-2)8-12(10)13;/h4-5,8-9,14H,3,6-7H2,1-2H3;1H. The Morgan fingerprint density at radius 1 is 1.35 bits per heavy atom. The first-order valence-electron chi connectivity index (χ1n) is 5.60. The molecule has 1 heterocycles. The van der Waals surface area contributed by atoms with Crippen molar-refractivity contribution in [1.29, 1.82) is 0 Å². The molecular formula is C13H18ClNO2. The number of nitrogens with one attached hydrogen (secondary N) is 1. The summed E-state index contributed by atoms with van der Waals surface area (Å²) in [6, 6.07) is 5.89. The molecule has 4 heteroatoms. The molecule has 1 aromatic heterocycles. The summed E-state index contributed by atoms with van der Waals surface area (Å²) in [6.07, 6.45) is 2.81. The lowest BCUT2D eigenvalue weighted by atomic mass is 10.1. The highest BCUT2D eigenvalue weighted by Crippen LogP contribution is 2.25. The van der Waals surface area contributed by atoms with E-state index >= 15 is 0 Å². The van der Waals surface area contributed by atoms with Crippen molar-refractivity contribution in [1.82, 2.24) is 5.32 Å². The van der Waals surface area contributed by atoms with Gasteiger partial charge in [-0.15, -0.1) is 12.4 Å². The molecule has 17 heavy (non-hydrogen) atoms. The van der Waals surface area contributed by atoms with Crippen LogP contribution in [0.15, 0.2) is 28.9 Å². The number of fused-ring (bicyclic) bond motifs is 1. The Balaban J connectivity index is 0.00000144. The van der Waals surface area contributed by atoms with Crippen molar-refractivity contribution in [3.8, 4) is 5.75 Å². The van der Waals surface area contributed by atoms with E-state index in [2.05, 4.69) is 12.2 Å². The van der Waals surface area contributed by atoms with E-state index in [1.54, 1.807) is 7.11 Å². The second kappa shape index (κ2) is 6.52. The monoisotopic (exact) mass is 255 g/mol. The van der Waals surface area contributed by atoms with Crippen molar-refractivity contribution in [2.75, 3.05) is 20.2 Å². The van der Waals surface area contributed by atoms with E-state index in [0.717, 1.165) is 36.2 Å². The number of hydrogen-bond acceptors (Lipinski definition) is 3. The molecule has 0 atom stereocenters. The average molecular weight is 256 g/mol. The molecule has 2 rings (SSSR count). The van der Waals surface area contributed by atoms with Crippen molar-refractivity contribution in [3.05, 3.63) is 30.0 Å². The molecule has 1 aromatic carbocycles. The van der Waals surface area contributed by atoms with Gasteiger partial charge in [0.05, 0.1) is 13.4 Å². The van der Waals surface area contributed by atoms with Crippen LogP contribution >= 0.6 is 12.4 Å². The number of likely N-dealkylation sites (N-methyl/N-ethyl adjacent to an activating group) is 1. The number of rotatable bonds is 5. The molecule has 3 nitrogen and oxygen atoms in total. The summed E-state index contributed by atoms with van der Waals surface area (Å²) in [6.45, 7) is 4.08. The minimum Gasteiger partial charge on any atom is -0.497 e. The minimum absolute atomic E-state index is 0. The molecule has 1 N–H and O–H groups in total. The quantitative estimate of drug-likeness (QED) is 0.834. The van der Waals surface area contributed by atoms with Crippen LogP contribution in [0, 0.1) is 0 Å². The van der Waals surface area contributed by atoms with E-state index < -0.39 is 0 Å². The molecule has 0 amide bonds. The lowest BCUT2D eigenvalue weighted by Gasteiger charge is -2.01. The molecule has 94 valence electrons. The van der Waals surface area contributed by atoms with Gasteiger partial charge in [0.15, 0.2) is 0 Å². The van der Waals surface area contributed by atoms with E-state index in [-0.39, 0.29) is 12.4 Å². The maximum Gasteiger partial charge on any atom is 0.134 e. The van der Waals surface area contributed by atoms with E-state index in [1.165, 1.54) is 5.56 Å². The largest absolute Gasteiger partial charge is 0.497 e. The highest BCUT2D eigenvalue weighted by molar-refractivity contribution is 5.85. The van der Waals surface area contributed by atoms with Crippen LogP contribution in [0.4, 0.5) is 0 Å². The number of benzene rings is 1. The van der Waals surface area contributed by atoms with E-state index in [0.29, 0.717) is 0 Å². The van der Waals surface area contributed by atoms with Gasteiger partial charge >= 0.3 is 0 Å². The molecule has 0 fully saturated rings. The number of methoxy groups -OCH3 is 1. The Kier molecular flexibility index (Phi) is 5.32. The summed E-state index contributed by atoms with van der Waals surface area (Å²) in [4.78, 5) is 0. The third-order valence-corrected chi connectivity index (χ3v) is 2.68. The normalized spacial score (nSPS) is 10.2. The van der Waals surface area contributed by atoms with Crippen molar-refractivity contribution in [3.63, 3.8) is 0 Å². The van der Waals surface area contributed by atoms with Gasteiger partial charge in [0.1, 0.15) is 11.3 Å². The van der Waals surface area contributed by atoms with Crippen molar-refractivity contribution in [2.45, 2.75) is 13.3 Å². The molecule has 0 unspecified atom stereocenters. The number of hydrogen-bond donors (Lipinski definition) is 1. The molecule has 0 radical (unpaired) electrons. The van der Waals surface area contributed by atoms with Gasteiger partial charge in [-0.2, -0.15) is 0 Å². The van der Waals surface area contributed by atoms with Crippen LogP contribution in [-0.2, 0) is 6.42 Å². The Hall–Kier alpha value is -1.19. The lowest BCUT2D eigenvalue weighted by Crippen LogP contribution is -2.15. The van der Waals surface area contributed by atoms with Crippen LogP contribution < -0.4 is 10.1 Å². The molecule has 0 saturated heterocycles. The third-order valence-electron chi connectivity index (χ3n) is 2.68. The summed E-state index contributed by atoms with van der Waals surface area (Å²) in [5.41, 5.74) is 2.15. The van der Waals surface area contributed by atoms with Gasteiger partial charge < -0.3 is 14.5 Å². The number of ether oxygens (including phenoxy) is 1. The maximum atomic E-state index is 5.50. The summed E-state index contributed by atoms with van der Waals surface area (Å²) >= 11 is 0. The molecule has 0 bridgehead atoms. The van der Waals surface area contributed by atoms with Gasteiger partial charge in [0, 0.05) is 5.39 Å². The van der Waals surface area contributed by atoms with Crippen LogP contribution in [-0.4, -0.2) is 20.2 Å². The van der Waals surface area contributed by atoms with E-state index in [1.807, 2.05) is 24.5 Å². The molecule has 0 aliphatic rings. The topological polar surface area (TPSA) is 34.4 Å². The first kappa shape index (κ1) is 13.9. The molecule has 0 aliphatic carbocycles. The van der Waals surface area contributed by atoms with Crippen LogP contribution in [0.2, 0.25) is 0 Å². The zero-order chi connectivity index (χ0) is 11.4. The first-order chi connectivity index (χ1) is 7.85. The van der Waals surface area contributed by atoms with E-state index in [4.69, 9.17) is 9.15 Å². The Morgan fingerprint density at radius 3 is 2.88 bits per heavy atom. The lowest BCUT2D eigenvalue weighted by molar-refractivity contribution is 0.415. The summed E-state index contributed by atoms with van der Waals surface area (Å²) in [5.74, 6) is 0.874. The Bertz CT molecular complexity index is 467. The third kappa shape index (κ3) is 3.14. The molecule has 0 spiro atoms. The van der Waals surface area contributed by atoms with E-state index in [9.17, 15) is 0 Å². The van der Waals surface area contributed by atoms with Crippen molar-refractivity contribution in [2.24, 2.45) is 0 Å². The first-order valence-corrected chi connectivity index (χ1v) is 5.60. The average Bonchev–Trinajstić information content (AvgIpc) is 2.72. The van der Waals surface area contributed by atoms with Gasteiger partial charge in [0.2, 0.25) is 0 Å². The second-order valence-electron chi connectivity index (χ2n) is 3.73. The van der Waals surface area contributed by atoms with Crippen LogP contribution in [0.3, 0.4) is 0 Å². The second-order valence-corrected chi connectivity index (χ2v) is 3.73. The molecule has 0 aliphatic heterocycles. The Morgan fingerprint density at radius 2 is 2.18 bits per heavy atom. The predicted molar refractivity (Wildman–Crippen MR) is 72.3 cm³/mol. The van der Waals surface area contributed by atoms with Gasteiger partial charge in [-0.05, 0) is 43.3 Å². The number of halogens is 1. The van der Waals surface area contributed by atoms with Crippen molar-refractivity contribution >= 4 is 23.4 Å². The summed E-state index contributed by atoms with van der Waals surface area (Å²) in [5, 5.41) is 4.46. The fourth-order valence-corrected chi connectivity index (χ4v) is 1.78. The zero-order valence-electron chi connectivity index (χ0n) is 10.2. The smallest absolute Gasteiger partial charge is 0.134 e. The number of furan rings is 1. The molecule has 2 aromatic rings. The van der Waals surface area contributed by atoms with Gasteiger partial charge in [-0.1, -0.05) is 6.92 Å². The summed E-state index contributed by atoms with van der Waals surface area (Å²) < 4.78 is 10.7. The van der Waals surface area contributed by atoms with Gasteiger partial charge in [-0.3, -0.25) is 0 Å². The molecule has 0 saturated carbocycles. The van der Waals surface area contributed by atoms with Gasteiger partial charge in [-0.25, -0.2) is 0 Å². The van der Waals surface area contributed by atoms with Crippen LogP contribution in [0.5, 0.6) is 5.75 Å². The fourth-order valence-electron chi connectivity index (χ4n) is 1.78. The summed E-state index contributed by atoms with van der Waals surface area (Å²) in [7, 11) is 1.68. The minimum atomic E-state index is 0.